The Labute approximate surface area is 166 Å². The second-order valence-corrected chi connectivity index (χ2v) is 7.54. The van der Waals surface area contributed by atoms with Crippen LogP contribution in [0.15, 0.2) is 54.9 Å². The lowest BCUT2D eigenvalue weighted by molar-refractivity contribution is 0.196. The first-order valence-corrected chi connectivity index (χ1v) is 10.1. The van der Waals surface area contributed by atoms with Crippen LogP contribution in [0.5, 0.6) is 0 Å². The molecule has 0 atom stereocenters. The van der Waals surface area contributed by atoms with E-state index in [4.69, 9.17) is 4.98 Å². The highest BCUT2D eigenvalue weighted by Gasteiger charge is 2.22. The van der Waals surface area contributed by atoms with Gasteiger partial charge in [0.25, 0.3) is 0 Å². The average Bonchev–Trinajstić information content (AvgIpc) is 3.18. The largest absolute Gasteiger partial charge is 0.334 e. The van der Waals surface area contributed by atoms with Crippen molar-refractivity contribution < 1.29 is 4.39 Å². The number of piperidine rings is 1. The van der Waals surface area contributed by atoms with Crippen LogP contribution >= 0.6 is 0 Å². The van der Waals surface area contributed by atoms with Crippen LogP contribution in [-0.4, -0.2) is 32.5 Å². The zero-order chi connectivity index (χ0) is 19.3. The fourth-order valence-corrected chi connectivity index (χ4v) is 4.00. The highest BCUT2D eigenvalue weighted by atomic mass is 19.1. The average molecular weight is 378 g/mol. The molecule has 1 aliphatic rings. The highest BCUT2D eigenvalue weighted by molar-refractivity contribution is 5.24. The molecular weight excluding hydrogens is 351 g/mol. The summed E-state index contributed by atoms with van der Waals surface area (Å²) in [5.41, 5.74) is 3.33. The third-order valence-corrected chi connectivity index (χ3v) is 5.64. The number of hydrogen-bond donors (Lipinski definition) is 0. The molecule has 2 aromatic heterocycles. The Hall–Kier alpha value is -2.53. The lowest BCUT2D eigenvalue weighted by Gasteiger charge is -2.31. The van der Waals surface area contributed by atoms with E-state index in [1.165, 1.54) is 17.8 Å². The first kappa shape index (κ1) is 18.8. The van der Waals surface area contributed by atoms with Crippen molar-refractivity contribution in [1.29, 1.82) is 0 Å². The van der Waals surface area contributed by atoms with Crippen LogP contribution in [-0.2, 0) is 19.5 Å². The summed E-state index contributed by atoms with van der Waals surface area (Å²) in [7, 11) is 0. The number of nitrogens with zero attached hydrogens (tertiary/aromatic N) is 4. The molecule has 3 heterocycles. The Bertz CT molecular complexity index is 895. The van der Waals surface area contributed by atoms with Crippen molar-refractivity contribution in [2.24, 2.45) is 0 Å². The van der Waals surface area contributed by atoms with Gasteiger partial charge in [-0.25, -0.2) is 9.37 Å². The van der Waals surface area contributed by atoms with Crippen molar-refractivity contribution in [3.8, 4) is 0 Å². The molecule has 4 rings (SSSR count). The van der Waals surface area contributed by atoms with Crippen molar-refractivity contribution in [2.75, 3.05) is 13.1 Å². The second-order valence-electron chi connectivity index (χ2n) is 7.54. The number of likely N-dealkylation sites (tertiary alicyclic amines) is 1. The van der Waals surface area contributed by atoms with Crippen LogP contribution in [0.25, 0.3) is 0 Å². The Balaban J connectivity index is 1.36. The molecule has 1 fully saturated rings. The van der Waals surface area contributed by atoms with E-state index in [-0.39, 0.29) is 5.82 Å². The van der Waals surface area contributed by atoms with E-state index in [0.717, 1.165) is 62.5 Å². The van der Waals surface area contributed by atoms with Crippen molar-refractivity contribution in [2.45, 2.75) is 45.2 Å². The minimum atomic E-state index is -0.196. The predicted molar refractivity (Wildman–Crippen MR) is 109 cm³/mol. The number of hydrogen-bond acceptors (Lipinski definition) is 3. The molecule has 1 aliphatic heterocycles. The number of imidazole rings is 1. The van der Waals surface area contributed by atoms with Gasteiger partial charge in [-0.2, -0.15) is 0 Å². The molecule has 5 heteroatoms. The summed E-state index contributed by atoms with van der Waals surface area (Å²) in [4.78, 5) is 11.9. The van der Waals surface area contributed by atoms with Gasteiger partial charge in [-0.1, -0.05) is 18.2 Å². The van der Waals surface area contributed by atoms with Crippen molar-refractivity contribution >= 4 is 0 Å². The molecule has 0 N–H and O–H groups in total. The van der Waals surface area contributed by atoms with E-state index in [0.29, 0.717) is 5.92 Å². The first-order valence-electron chi connectivity index (χ1n) is 10.1. The predicted octanol–water partition coefficient (Wildman–Crippen LogP) is 4.41. The van der Waals surface area contributed by atoms with E-state index in [1.54, 1.807) is 0 Å². The fraction of sp³-hybridized carbons (Fsp3) is 0.391. The molecule has 3 aromatic rings. The summed E-state index contributed by atoms with van der Waals surface area (Å²) in [5.74, 6) is 1.47. The molecule has 28 heavy (non-hydrogen) atoms. The summed E-state index contributed by atoms with van der Waals surface area (Å²) >= 11 is 0. The van der Waals surface area contributed by atoms with Gasteiger partial charge in [0.05, 0.1) is 6.54 Å². The van der Waals surface area contributed by atoms with Gasteiger partial charge in [0, 0.05) is 42.7 Å². The number of aryl methyl sites for hydroxylation is 1. The Morgan fingerprint density at radius 3 is 2.61 bits per heavy atom. The van der Waals surface area contributed by atoms with Crippen LogP contribution in [0.4, 0.5) is 4.39 Å². The normalized spacial score (nSPS) is 15.8. The minimum absolute atomic E-state index is 0.196. The van der Waals surface area contributed by atoms with Crippen molar-refractivity contribution in [3.05, 3.63) is 83.5 Å². The molecule has 0 unspecified atom stereocenters. The van der Waals surface area contributed by atoms with E-state index in [1.807, 2.05) is 18.3 Å². The molecule has 0 radical (unpaired) electrons. The van der Waals surface area contributed by atoms with Crippen LogP contribution in [0.1, 0.15) is 48.5 Å². The molecule has 0 saturated carbocycles. The Morgan fingerprint density at radius 2 is 1.86 bits per heavy atom. The van der Waals surface area contributed by atoms with Crippen LogP contribution < -0.4 is 0 Å². The smallest absolute Gasteiger partial charge is 0.123 e. The second kappa shape index (κ2) is 8.65. The number of aromatic nitrogens is 3. The SMILES string of the molecule is CCn1ccnc1CN1CCC(c2cccc(Cc3ccc(F)cc3)n2)CC1. The standard InChI is InChI=1S/C23H27FN4/c1-2-28-15-12-25-23(28)17-27-13-10-19(11-14-27)22-5-3-4-21(26-22)16-18-6-8-20(24)9-7-18/h3-9,12,15,19H,2,10-11,13-14,16-17H2,1H3. The maximum atomic E-state index is 13.1. The zero-order valence-electron chi connectivity index (χ0n) is 16.4. The van der Waals surface area contributed by atoms with Crippen molar-refractivity contribution in [3.63, 3.8) is 0 Å². The summed E-state index contributed by atoms with van der Waals surface area (Å²) in [6, 6.07) is 13.0. The van der Waals surface area contributed by atoms with Gasteiger partial charge < -0.3 is 4.57 Å². The van der Waals surface area contributed by atoms with Crippen LogP contribution in [0.3, 0.4) is 0 Å². The summed E-state index contributed by atoms with van der Waals surface area (Å²) < 4.78 is 15.3. The maximum Gasteiger partial charge on any atom is 0.123 e. The van der Waals surface area contributed by atoms with Crippen LogP contribution in [0, 0.1) is 5.82 Å². The lowest BCUT2D eigenvalue weighted by atomic mass is 9.92. The molecule has 4 nitrogen and oxygen atoms in total. The third-order valence-electron chi connectivity index (χ3n) is 5.64. The maximum absolute atomic E-state index is 13.1. The van der Waals surface area contributed by atoms with Gasteiger partial charge in [-0.05, 0) is 62.7 Å². The quantitative estimate of drug-likeness (QED) is 0.637. The van der Waals surface area contributed by atoms with Gasteiger partial charge in [0.15, 0.2) is 0 Å². The van der Waals surface area contributed by atoms with Gasteiger partial charge in [0.1, 0.15) is 11.6 Å². The number of rotatable bonds is 6. The Kier molecular flexibility index (Phi) is 5.81. The van der Waals surface area contributed by atoms with E-state index in [2.05, 4.69) is 45.8 Å². The first-order chi connectivity index (χ1) is 13.7. The molecule has 146 valence electrons. The van der Waals surface area contributed by atoms with E-state index >= 15 is 0 Å². The van der Waals surface area contributed by atoms with Gasteiger partial charge in [-0.15, -0.1) is 0 Å². The molecule has 1 aromatic carbocycles. The molecule has 0 amide bonds. The lowest BCUT2D eigenvalue weighted by Crippen LogP contribution is -2.33. The van der Waals surface area contributed by atoms with E-state index in [9.17, 15) is 4.39 Å². The van der Waals surface area contributed by atoms with E-state index < -0.39 is 0 Å². The highest BCUT2D eigenvalue weighted by Crippen LogP contribution is 2.27. The Morgan fingerprint density at radius 1 is 1.07 bits per heavy atom. The van der Waals surface area contributed by atoms with Crippen LogP contribution in [0.2, 0.25) is 0 Å². The fourth-order valence-electron chi connectivity index (χ4n) is 4.00. The number of pyridine rings is 1. The van der Waals surface area contributed by atoms with Gasteiger partial charge >= 0.3 is 0 Å². The number of benzene rings is 1. The third kappa shape index (κ3) is 4.47. The van der Waals surface area contributed by atoms with Gasteiger partial charge in [0.2, 0.25) is 0 Å². The van der Waals surface area contributed by atoms with Crippen molar-refractivity contribution in [1.82, 2.24) is 19.4 Å². The molecule has 0 bridgehead atoms. The molecule has 0 spiro atoms. The number of halogens is 1. The molecule has 1 saturated heterocycles. The molecule has 0 aliphatic carbocycles. The summed E-state index contributed by atoms with van der Waals surface area (Å²) in [6.45, 7) is 6.19. The molecular formula is C23H27FN4. The monoisotopic (exact) mass is 378 g/mol. The summed E-state index contributed by atoms with van der Waals surface area (Å²) in [6.07, 6.45) is 6.94. The van der Waals surface area contributed by atoms with Gasteiger partial charge in [-0.3, -0.25) is 9.88 Å². The topological polar surface area (TPSA) is 34.0 Å². The summed E-state index contributed by atoms with van der Waals surface area (Å²) in [5, 5.41) is 0. The minimum Gasteiger partial charge on any atom is -0.334 e. The zero-order valence-corrected chi connectivity index (χ0v) is 16.4.